The van der Waals surface area contributed by atoms with Crippen LogP contribution in [-0.2, 0) is 9.59 Å². The molecule has 2 aromatic carbocycles. The second kappa shape index (κ2) is 11.8. The first-order valence-corrected chi connectivity index (χ1v) is 15.0. The van der Waals surface area contributed by atoms with Crippen molar-refractivity contribution in [2.75, 3.05) is 32.7 Å². The van der Waals surface area contributed by atoms with E-state index < -0.39 is 54.2 Å². The molecule has 2 heterocycles. The van der Waals surface area contributed by atoms with Gasteiger partial charge in [-0.25, -0.2) is 17.6 Å². The summed E-state index contributed by atoms with van der Waals surface area (Å²) in [5.74, 6) is -6.46. The van der Waals surface area contributed by atoms with E-state index in [0.29, 0.717) is 49.6 Å². The lowest BCUT2D eigenvalue weighted by atomic mass is 9.80. The normalized spacial score (nSPS) is 25.6. The number of hydrogen-bond donors (Lipinski definition) is 0. The van der Waals surface area contributed by atoms with Crippen molar-refractivity contribution in [2.45, 2.75) is 69.9 Å². The van der Waals surface area contributed by atoms with E-state index in [1.165, 1.54) is 12.1 Å². The molecule has 42 heavy (non-hydrogen) atoms. The van der Waals surface area contributed by atoms with Gasteiger partial charge in [-0.2, -0.15) is 0 Å². The van der Waals surface area contributed by atoms with Gasteiger partial charge in [-0.1, -0.05) is 29.8 Å². The van der Waals surface area contributed by atoms with Gasteiger partial charge >= 0.3 is 0 Å². The number of benzene rings is 2. The molecule has 0 bridgehead atoms. The van der Waals surface area contributed by atoms with E-state index in [1.54, 1.807) is 21.9 Å². The van der Waals surface area contributed by atoms with Gasteiger partial charge in [0.15, 0.2) is 0 Å². The summed E-state index contributed by atoms with van der Waals surface area (Å²) < 4.78 is 56.2. The third-order valence-electron chi connectivity index (χ3n) is 9.08. The first-order chi connectivity index (χ1) is 19.7. The summed E-state index contributed by atoms with van der Waals surface area (Å²) in [7, 11) is 0. The number of carbonyl (C=O) groups is 2. The summed E-state index contributed by atoms with van der Waals surface area (Å²) in [6.07, 6.45) is 0.338. The molecule has 2 saturated heterocycles. The minimum absolute atomic E-state index is 0.166. The molecule has 0 radical (unpaired) electrons. The molecule has 2 aliphatic heterocycles. The van der Waals surface area contributed by atoms with E-state index in [0.717, 1.165) is 11.6 Å². The van der Waals surface area contributed by atoms with Crippen LogP contribution in [0.25, 0.3) is 0 Å². The maximum atomic E-state index is 15.1. The number of alkyl halides is 2. The van der Waals surface area contributed by atoms with Crippen molar-refractivity contribution in [1.82, 2.24) is 14.7 Å². The molecule has 1 aliphatic carbocycles. The smallest absolute Gasteiger partial charge is 0.249 e. The number of carbonyl (C=O) groups excluding carboxylic acids is 2. The van der Waals surface area contributed by atoms with Gasteiger partial charge in [-0.05, 0) is 62.9 Å². The summed E-state index contributed by atoms with van der Waals surface area (Å²) in [6.45, 7) is 7.97. The molecule has 228 valence electrons. The highest BCUT2D eigenvalue weighted by atomic mass is 35.5. The van der Waals surface area contributed by atoms with Crippen molar-refractivity contribution in [1.29, 1.82) is 0 Å². The average molecular weight is 608 g/mol. The Balaban J connectivity index is 1.49. The SMILES string of the molecule is CC(C)(C)N1C[C@@H](C(=O)N2CCCCN(C(=O)C3CC(F)(F)C3)CC2c2ccc(Cl)cc2)[C@H](c2ccc(F)cc2F)C1. The van der Waals surface area contributed by atoms with Crippen molar-refractivity contribution in [3.8, 4) is 0 Å². The zero-order valence-corrected chi connectivity index (χ0v) is 25.0. The minimum Gasteiger partial charge on any atom is -0.340 e. The molecule has 3 atom stereocenters. The van der Waals surface area contributed by atoms with Crippen molar-refractivity contribution >= 4 is 23.4 Å². The molecule has 0 aromatic heterocycles. The highest BCUT2D eigenvalue weighted by Crippen LogP contribution is 2.44. The molecule has 0 N–H and O–H groups in total. The molecule has 3 fully saturated rings. The molecule has 10 heteroatoms. The van der Waals surface area contributed by atoms with Gasteiger partial charge in [0, 0.05) is 74.0 Å². The standard InChI is InChI=1S/C32H38ClF4N3O2/c1-31(2,3)39-17-25(24-11-10-23(34)14-27(24)35)26(18-39)30(42)40-13-5-4-12-38(29(41)21-15-32(36,37)16-21)19-28(40)20-6-8-22(33)9-7-20/h6-11,14,21,25-26,28H,4-5,12-13,15-19H2,1-3H3/t25-,26+,28?/m0/s1. The largest absolute Gasteiger partial charge is 0.340 e. The first kappa shape index (κ1) is 30.8. The Morgan fingerprint density at radius 3 is 2.19 bits per heavy atom. The van der Waals surface area contributed by atoms with Crippen LogP contribution in [0.15, 0.2) is 42.5 Å². The van der Waals surface area contributed by atoms with Gasteiger partial charge in [0.25, 0.3) is 0 Å². The van der Waals surface area contributed by atoms with Crippen LogP contribution in [0.2, 0.25) is 5.02 Å². The second-order valence-corrected chi connectivity index (χ2v) is 13.4. The van der Waals surface area contributed by atoms with Gasteiger partial charge in [-0.15, -0.1) is 0 Å². The van der Waals surface area contributed by atoms with Gasteiger partial charge in [0.05, 0.1) is 12.0 Å². The zero-order chi connectivity index (χ0) is 30.4. The number of hydrogen-bond acceptors (Lipinski definition) is 3. The van der Waals surface area contributed by atoms with Gasteiger partial charge < -0.3 is 9.80 Å². The van der Waals surface area contributed by atoms with Crippen LogP contribution in [0.4, 0.5) is 17.6 Å². The number of nitrogens with zero attached hydrogens (tertiary/aromatic N) is 3. The van der Waals surface area contributed by atoms with E-state index in [1.807, 2.05) is 32.9 Å². The fourth-order valence-electron chi connectivity index (χ4n) is 6.60. The molecular formula is C32H38ClF4N3O2. The Labute approximate surface area is 249 Å². The third-order valence-corrected chi connectivity index (χ3v) is 9.34. The highest BCUT2D eigenvalue weighted by Gasteiger charge is 2.51. The van der Waals surface area contributed by atoms with Crippen molar-refractivity contribution in [3.63, 3.8) is 0 Å². The average Bonchev–Trinajstić information content (AvgIpc) is 3.33. The molecular weight excluding hydrogens is 570 g/mol. The number of halogens is 5. The fraction of sp³-hybridized carbons (Fsp3) is 0.562. The van der Waals surface area contributed by atoms with Crippen LogP contribution in [0.1, 0.15) is 69.5 Å². The number of rotatable bonds is 4. The van der Waals surface area contributed by atoms with Crippen molar-refractivity contribution in [2.24, 2.45) is 11.8 Å². The quantitative estimate of drug-likeness (QED) is 0.365. The van der Waals surface area contributed by atoms with Crippen LogP contribution >= 0.6 is 11.6 Å². The van der Waals surface area contributed by atoms with E-state index >= 15 is 4.39 Å². The zero-order valence-electron chi connectivity index (χ0n) is 24.3. The van der Waals surface area contributed by atoms with E-state index in [4.69, 9.17) is 11.6 Å². The maximum absolute atomic E-state index is 15.1. The minimum atomic E-state index is -2.81. The summed E-state index contributed by atoms with van der Waals surface area (Å²) >= 11 is 6.17. The van der Waals surface area contributed by atoms with E-state index in [-0.39, 0.29) is 23.9 Å². The molecule has 3 aliphatic rings. The Kier molecular flexibility index (Phi) is 8.65. The Hall–Kier alpha value is -2.65. The van der Waals surface area contributed by atoms with Crippen molar-refractivity contribution < 1.29 is 27.2 Å². The third kappa shape index (κ3) is 6.47. The predicted octanol–water partition coefficient (Wildman–Crippen LogP) is 6.67. The van der Waals surface area contributed by atoms with E-state index in [2.05, 4.69) is 4.90 Å². The summed E-state index contributed by atoms with van der Waals surface area (Å²) in [5.41, 5.74) is 0.796. The fourth-order valence-corrected chi connectivity index (χ4v) is 6.73. The number of amides is 2. The summed E-state index contributed by atoms with van der Waals surface area (Å²) in [5, 5.41) is 0.524. The maximum Gasteiger partial charge on any atom is 0.249 e. The summed E-state index contributed by atoms with van der Waals surface area (Å²) in [4.78, 5) is 33.5. The summed E-state index contributed by atoms with van der Waals surface area (Å²) in [6, 6.07) is 10.1. The van der Waals surface area contributed by atoms with E-state index in [9.17, 15) is 22.8 Å². The van der Waals surface area contributed by atoms with Crippen LogP contribution in [0.3, 0.4) is 0 Å². The molecule has 1 saturated carbocycles. The number of likely N-dealkylation sites (tertiary alicyclic amines) is 1. The molecule has 0 spiro atoms. The molecule has 5 nitrogen and oxygen atoms in total. The predicted molar refractivity (Wildman–Crippen MR) is 153 cm³/mol. The van der Waals surface area contributed by atoms with Gasteiger partial charge in [0.1, 0.15) is 11.6 Å². The Bertz CT molecular complexity index is 1310. The lowest BCUT2D eigenvalue weighted by Crippen LogP contribution is -2.52. The molecule has 2 amide bonds. The van der Waals surface area contributed by atoms with Crippen molar-refractivity contribution in [3.05, 3.63) is 70.2 Å². The van der Waals surface area contributed by atoms with Gasteiger partial charge in [0.2, 0.25) is 17.7 Å². The lowest BCUT2D eigenvalue weighted by molar-refractivity contribution is -0.161. The first-order valence-electron chi connectivity index (χ1n) is 14.7. The van der Waals surface area contributed by atoms with Crippen LogP contribution in [-0.4, -0.2) is 70.7 Å². The highest BCUT2D eigenvalue weighted by molar-refractivity contribution is 6.30. The Morgan fingerprint density at radius 2 is 1.57 bits per heavy atom. The molecule has 2 aromatic rings. The van der Waals surface area contributed by atoms with Gasteiger partial charge in [-0.3, -0.25) is 14.5 Å². The van der Waals surface area contributed by atoms with Crippen LogP contribution in [0, 0.1) is 23.5 Å². The second-order valence-electron chi connectivity index (χ2n) is 13.0. The molecule has 5 rings (SSSR count). The van der Waals surface area contributed by atoms with Crippen LogP contribution < -0.4 is 0 Å². The lowest BCUT2D eigenvalue weighted by Gasteiger charge is -2.43. The molecule has 1 unspecified atom stereocenters. The topological polar surface area (TPSA) is 43.9 Å². The Morgan fingerprint density at radius 1 is 0.905 bits per heavy atom. The monoisotopic (exact) mass is 607 g/mol. The van der Waals surface area contributed by atoms with Crippen LogP contribution in [0.5, 0.6) is 0 Å².